The first-order valence-corrected chi connectivity index (χ1v) is 7.54. The van der Waals surface area contributed by atoms with Gasteiger partial charge in [0.15, 0.2) is 17.1 Å². The Labute approximate surface area is 144 Å². The lowest BCUT2D eigenvalue weighted by atomic mass is 10.1. The normalized spacial score (nSPS) is 10.6. The fraction of sp³-hybridized carbons (Fsp3) is 0.211. The molecule has 0 spiro atoms. The number of methoxy groups -OCH3 is 4. The Morgan fingerprint density at radius 2 is 1.60 bits per heavy atom. The van der Waals surface area contributed by atoms with Crippen molar-refractivity contribution in [2.45, 2.75) is 0 Å². The summed E-state index contributed by atoms with van der Waals surface area (Å²) in [5, 5.41) is 0.348. The second kappa shape index (κ2) is 6.76. The highest BCUT2D eigenvalue weighted by atomic mass is 16.5. The average molecular weight is 342 g/mol. The minimum absolute atomic E-state index is 0.118. The van der Waals surface area contributed by atoms with Crippen LogP contribution in [-0.2, 0) is 0 Å². The summed E-state index contributed by atoms with van der Waals surface area (Å²) in [5.41, 5.74) is 0.660. The van der Waals surface area contributed by atoms with Gasteiger partial charge in [0.05, 0.1) is 33.8 Å². The third-order valence-corrected chi connectivity index (χ3v) is 3.90. The predicted molar refractivity (Wildman–Crippen MR) is 94.1 cm³/mol. The molecule has 0 amide bonds. The van der Waals surface area contributed by atoms with E-state index in [0.717, 1.165) is 0 Å². The Kier molecular flexibility index (Phi) is 4.52. The van der Waals surface area contributed by atoms with Crippen LogP contribution in [0.3, 0.4) is 0 Å². The van der Waals surface area contributed by atoms with E-state index in [-0.39, 0.29) is 11.2 Å². The maximum Gasteiger partial charge on any atom is 0.235 e. The van der Waals surface area contributed by atoms with Gasteiger partial charge in [-0.1, -0.05) is 12.1 Å². The fourth-order valence-corrected chi connectivity index (χ4v) is 2.69. The van der Waals surface area contributed by atoms with Crippen molar-refractivity contribution >= 4 is 11.0 Å². The lowest BCUT2D eigenvalue weighted by Crippen LogP contribution is -2.08. The first-order chi connectivity index (χ1) is 12.1. The van der Waals surface area contributed by atoms with Crippen LogP contribution in [0.1, 0.15) is 0 Å². The zero-order valence-electron chi connectivity index (χ0n) is 14.4. The molecule has 0 aliphatic carbocycles. The summed E-state index contributed by atoms with van der Waals surface area (Å²) in [7, 11) is 6.02. The van der Waals surface area contributed by atoms with Gasteiger partial charge >= 0.3 is 0 Å². The van der Waals surface area contributed by atoms with Crippen LogP contribution in [0.25, 0.3) is 22.3 Å². The summed E-state index contributed by atoms with van der Waals surface area (Å²) >= 11 is 0. The van der Waals surface area contributed by atoms with Gasteiger partial charge in [0.2, 0.25) is 16.9 Å². The minimum Gasteiger partial charge on any atom is -0.497 e. The molecule has 0 aliphatic heterocycles. The molecule has 1 heterocycles. The Morgan fingerprint density at radius 1 is 0.840 bits per heavy atom. The molecule has 6 heteroatoms. The van der Waals surface area contributed by atoms with Crippen molar-refractivity contribution < 1.29 is 23.4 Å². The third-order valence-electron chi connectivity index (χ3n) is 3.90. The smallest absolute Gasteiger partial charge is 0.235 e. The maximum atomic E-state index is 12.9. The molecule has 0 fully saturated rings. The van der Waals surface area contributed by atoms with Crippen molar-refractivity contribution in [2.24, 2.45) is 0 Å². The van der Waals surface area contributed by atoms with Crippen LogP contribution in [0.15, 0.2) is 45.6 Å². The summed E-state index contributed by atoms with van der Waals surface area (Å²) in [6, 6.07) is 10.5. The Balaban J connectivity index is 2.39. The predicted octanol–water partition coefficient (Wildman–Crippen LogP) is 3.49. The van der Waals surface area contributed by atoms with Gasteiger partial charge in [-0.2, -0.15) is 0 Å². The van der Waals surface area contributed by atoms with Crippen molar-refractivity contribution in [3.63, 3.8) is 0 Å². The van der Waals surface area contributed by atoms with E-state index in [4.69, 9.17) is 23.4 Å². The molecule has 0 bridgehead atoms. The molecule has 3 rings (SSSR count). The van der Waals surface area contributed by atoms with E-state index in [0.29, 0.717) is 39.5 Å². The molecular formula is C19H18O6. The van der Waals surface area contributed by atoms with E-state index >= 15 is 0 Å². The van der Waals surface area contributed by atoms with Crippen LogP contribution in [0.5, 0.6) is 23.0 Å². The molecule has 0 unspecified atom stereocenters. The second-order valence-electron chi connectivity index (χ2n) is 5.20. The molecule has 3 aromatic rings. The average Bonchev–Trinajstić information content (AvgIpc) is 2.66. The van der Waals surface area contributed by atoms with Crippen molar-refractivity contribution in [2.75, 3.05) is 28.4 Å². The van der Waals surface area contributed by atoms with E-state index in [1.54, 1.807) is 37.4 Å². The molecule has 6 nitrogen and oxygen atoms in total. The van der Waals surface area contributed by atoms with Crippen LogP contribution in [-0.4, -0.2) is 28.4 Å². The lowest BCUT2D eigenvalue weighted by Gasteiger charge is -2.13. The van der Waals surface area contributed by atoms with Crippen LogP contribution in [0.2, 0.25) is 0 Å². The zero-order chi connectivity index (χ0) is 18.0. The molecule has 130 valence electrons. The van der Waals surface area contributed by atoms with E-state index in [1.807, 2.05) is 6.07 Å². The van der Waals surface area contributed by atoms with Crippen molar-refractivity contribution in [1.29, 1.82) is 0 Å². The van der Waals surface area contributed by atoms with Gasteiger partial charge in [-0.15, -0.1) is 0 Å². The lowest BCUT2D eigenvalue weighted by molar-refractivity contribution is 0.351. The van der Waals surface area contributed by atoms with E-state index in [9.17, 15) is 4.79 Å². The number of ether oxygens (including phenoxy) is 4. The van der Waals surface area contributed by atoms with Crippen LogP contribution < -0.4 is 24.4 Å². The highest BCUT2D eigenvalue weighted by Gasteiger charge is 2.21. The second-order valence-corrected chi connectivity index (χ2v) is 5.20. The van der Waals surface area contributed by atoms with Crippen LogP contribution >= 0.6 is 0 Å². The van der Waals surface area contributed by atoms with Gasteiger partial charge in [0.25, 0.3) is 0 Å². The van der Waals surface area contributed by atoms with E-state index in [2.05, 4.69) is 0 Å². The standard InChI is InChI=1S/C19H18O6/c1-21-12-7-5-6-11(10-12)16-19(24-4)15(20)13-8-9-14(22-2)18(23-3)17(13)25-16/h5-10H,1-4H3. The molecule has 2 aromatic carbocycles. The molecule has 0 radical (unpaired) electrons. The number of rotatable bonds is 5. The quantitative estimate of drug-likeness (QED) is 0.707. The molecule has 25 heavy (non-hydrogen) atoms. The summed E-state index contributed by atoms with van der Waals surface area (Å²) in [4.78, 5) is 12.9. The summed E-state index contributed by atoms with van der Waals surface area (Å²) in [6.07, 6.45) is 0. The Bertz CT molecular complexity index is 974. The Hall–Kier alpha value is -3.15. The first-order valence-electron chi connectivity index (χ1n) is 7.54. The van der Waals surface area contributed by atoms with Crippen molar-refractivity contribution in [3.05, 3.63) is 46.6 Å². The van der Waals surface area contributed by atoms with Gasteiger partial charge in [-0.05, 0) is 24.3 Å². The highest BCUT2D eigenvalue weighted by molar-refractivity contribution is 5.88. The first kappa shape index (κ1) is 16.7. The zero-order valence-corrected chi connectivity index (χ0v) is 14.4. The molecule has 0 aliphatic rings. The van der Waals surface area contributed by atoms with E-state index < -0.39 is 0 Å². The fourth-order valence-electron chi connectivity index (χ4n) is 2.69. The summed E-state index contributed by atoms with van der Waals surface area (Å²) in [5.74, 6) is 1.88. The number of fused-ring (bicyclic) bond motifs is 1. The summed E-state index contributed by atoms with van der Waals surface area (Å²) < 4.78 is 27.3. The van der Waals surface area contributed by atoms with Gasteiger partial charge in [-0.3, -0.25) is 4.79 Å². The molecular weight excluding hydrogens is 324 g/mol. The van der Waals surface area contributed by atoms with Crippen molar-refractivity contribution in [3.8, 4) is 34.3 Å². The van der Waals surface area contributed by atoms with Crippen LogP contribution in [0, 0.1) is 0 Å². The maximum absolute atomic E-state index is 12.9. The molecule has 1 aromatic heterocycles. The SMILES string of the molecule is COc1cccc(-c2oc3c(OC)c(OC)ccc3c(=O)c2OC)c1. The monoisotopic (exact) mass is 342 g/mol. The number of hydrogen-bond donors (Lipinski definition) is 0. The third kappa shape index (κ3) is 2.76. The topological polar surface area (TPSA) is 67.1 Å². The van der Waals surface area contributed by atoms with Gasteiger partial charge in [0.1, 0.15) is 5.75 Å². The van der Waals surface area contributed by atoms with Gasteiger partial charge in [-0.25, -0.2) is 0 Å². The van der Waals surface area contributed by atoms with Gasteiger partial charge in [0, 0.05) is 5.56 Å². The Morgan fingerprint density at radius 3 is 2.24 bits per heavy atom. The molecule has 0 N–H and O–H groups in total. The largest absolute Gasteiger partial charge is 0.497 e. The molecule has 0 saturated carbocycles. The van der Waals surface area contributed by atoms with Crippen molar-refractivity contribution in [1.82, 2.24) is 0 Å². The van der Waals surface area contributed by atoms with Crippen LogP contribution in [0.4, 0.5) is 0 Å². The summed E-state index contributed by atoms with van der Waals surface area (Å²) in [6.45, 7) is 0. The van der Waals surface area contributed by atoms with Gasteiger partial charge < -0.3 is 23.4 Å². The molecule has 0 atom stereocenters. The number of benzene rings is 2. The molecule has 0 saturated heterocycles. The minimum atomic E-state index is -0.289. The number of hydrogen-bond acceptors (Lipinski definition) is 6. The van der Waals surface area contributed by atoms with E-state index in [1.165, 1.54) is 21.3 Å². The highest BCUT2D eigenvalue weighted by Crippen LogP contribution is 2.39.